The zero-order valence-corrected chi connectivity index (χ0v) is 14.9. The zero-order chi connectivity index (χ0) is 17.7. The van der Waals surface area contributed by atoms with Gasteiger partial charge in [-0.2, -0.15) is 0 Å². The molecule has 0 unspecified atom stereocenters. The maximum atomic E-state index is 5.16. The number of hydrogen-bond donors (Lipinski definition) is 1. The maximum absolute atomic E-state index is 5.16. The molecular formula is C21H25N3O. The van der Waals surface area contributed by atoms with Gasteiger partial charge in [0.1, 0.15) is 0 Å². The average molecular weight is 335 g/mol. The first-order chi connectivity index (χ1) is 12.3. The van der Waals surface area contributed by atoms with Gasteiger partial charge in [0.2, 0.25) is 5.88 Å². The molecule has 1 aromatic heterocycles. The standard InChI is InChI=1S/C14H15N.C7H10N2O/c1-3-7-13(8-4-1)11-15-12-14-9-5-2-6-10-14;1-3-10-7-6(2)8-4-5-9-7/h1-10,15H,11-12H2;4-5H,3H2,1-2H3. The minimum Gasteiger partial charge on any atom is -0.477 e. The van der Waals surface area contributed by atoms with Crippen LogP contribution in [0.15, 0.2) is 73.1 Å². The van der Waals surface area contributed by atoms with Gasteiger partial charge in [0, 0.05) is 25.5 Å². The van der Waals surface area contributed by atoms with Crippen molar-refractivity contribution in [3.63, 3.8) is 0 Å². The number of hydrogen-bond acceptors (Lipinski definition) is 4. The number of rotatable bonds is 6. The number of aryl methyl sites for hydroxylation is 1. The minimum atomic E-state index is 0.630. The molecule has 4 heteroatoms. The number of aromatic nitrogens is 2. The van der Waals surface area contributed by atoms with E-state index in [4.69, 9.17) is 4.74 Å². The number of nitrogens with zero attached hydrogens (tertiary/aromatic N) is 2. The summed E-state index contributed by atoms with van der Waals surface area (Å²) < 4.78 is 5.16. The van der Waals surface area contributed by atoms with Gasteiger partial charge in [-0.05, 0) is 25.0 Å². The maximum Gasteiger partial charge on any atom is 0.235 e. The highest BCUT2D eigenvalue weighted by Crippen LogP contribution is 2.08. The quantitative estimate of drug-likeness (QED) is 0.735. The van der Waals surface area contributed by atoms with E-state index in [1.165, 1.54) is 11.1 Å². The van der Waals surface area contributed by atoms with Crippen molar-refractivity contribution in [1.29, 1.82) is 0 Å². The molecule has 25 heavy (non-hydrogen) atoms. The Morgan fingerprint density at radius 1 is 0.800 bits per heavy atom. The summed E-state index contributed by atoms with van der Waals surface area (Å²) in [7, 11) is 0. The molecule has 0 radical (unpaired) electrons. The Morgan fingerprint density at radius 2 is 1.32 bits per heavy atom. The van der Waals surface area contributed by atoms with Gasteiger partial charge in [0.05, 0.1) is 12.3 Å². The van der Waals surface area contributed by atoms with Crippen LogP contribution in [0.25, 0.3) is 0 Å². The Bertz CT molecular complexity index is 678. The first-order valence-electron chi connectivity index (χ1n) is 8.48. The molecule has 130 valence electrons. The lowest BCUT2D eigenvalue weighted by Crippen LogP contribution is -2.12. The third-order valence-electron chi connectivity index (χ3n) is 3.46. The summed E-state index contributed by atoms with van der Waals surface area (Å²) in [5.74, 6) is 0.630. The van der Waals surface area contributed by atoms with Gasteiger partial charge in [-0.25, -0.2) is 4.98 Å². The Hall–Kier alpha value is -2.72. The van der Waals surface area contributed by atoms with Gasteiger partial charge in [0.15, 0.2) is 0 Å². The molecule has 4 nitrogen and oxygen atoms in total. The van der Waals surface area contributed by atoms with Crippen LogP contribution < -0.4 is 10.1 Å². The second kappa shape index (κ2) is 10.9. The van der Waals surface area contributed by atoms with Gasteiger partial charge >= 0.3 is 0 Å². The lowest BCUT2D eigenvalue weighted by atomic mass is 10.2. The zero-order valence-electron chi connectivity index (χ0n) is 14.9. The fourth-order valence-corrected chi connectivity index (χ4v) is 2.22. The summed E-state index contributed by atoms with van der Waals surface area (Å²) in [6, 6.07) is 20.9. The van der Waals surface area contributed by atoms with E-state index in [0.717, 1.165) is 18.8 Å². The summed E-state index contributed by atoms with van der Waals surface area (Å²) in [5, 5.41) is 3.42. The minimum absolute atomic E-state index is 0.630. The highest BCUT2D eigenvalue weighted by atomic mass is 16.5. The van der Waals surface area contributed by atoms with E-state index in [1.807, 2.05) is 26.0 Å². The van der Waals surface area contributed by atoms with E-state index in [0.29, 0.717) is 12.5 Å². The van der Waals surface area contributed by atoms with Crippen LogP contribution in [0.2, 0.25) is 0 Å². The highest BCUT2D eigenvalue weighted by Gasteiger charge is 1.97. The van der Waals surface area contributed by atoms with E-state index in [1.54, 1.807) is 12.4 Å². The molecule has 0 saturated heterocycles. The molecule has 3 aromatic rings. The van der Waals surface area contributed by atoms with Crippen molar-refractivity contribution in [2.45, 2.75) is 26.9 Å². The van der Waals surface area contributed by atoms with Crippen LogP contribution >= 0.6 is 0 Å². The highest BCUT2D eigenvalue weighted by molar-refractivity contribution is 5.16. The first-order valence-corrected chi connectivity index (χ1v) is 8.48. The van der Waals surface area contributed by atoms with Crippen LogP contribution in [-0.4, -0.2) is 16.6 Å². The van der Waals surface area contributed by atoms with Crippen LogP contribution in [-0.2, 0) is 13.1 Å². The van der Waals surface area contributed by atoms with E-state index >= 15 is 0 Å². The average Bonchev–Trinajstić information content (AvgIpc) is 2.66. The Labute approximate surface area is 149 Å². The van der Waals surface area contributed by atoms with E-state index in [9.17, 15) is 0 Å². The lowest BCUT2D eigenvalue weighted by Gasteiger charge is -2.04. The molecule has 0 bridgehead atoms. The van der Waals surface area contributed by atoms with Crippen molar-refractivity contribution >= 4 is 0 Å². The van der Waals surface area contributed by atoms with Gasteiger partial charge < -0.3 is 10.1 Å². The molecule has 0 fully saturated rings. The van der Waals surface area contributed by atoms with E-state index in [2.05, 4.69) is 63.8 Å². The SMILES string of the molecule is CCOc1nccnc1C.c1ccc(CNCc2ccccc2)cc1. The Kier molecular flexibility index (Phi) is 8.15. The summed E-state index contributed by atoms with van der Waals surface area (Å²) >= 11 is 0. The van der Waals surface area contributed by atoms with Crippen LogP contribution in [0.1, 0.15) is 23.7 Å². The molecule has 0 amide bonds. The summed E-state index contributed by atoms with van der Waals surface area (Å²) in [6.45, 7) is 6.29. The van der Waals surface area contributed by atoms with Gasteiger partial charge in [0.25, 0.3) is 0 Å². The summed E-state index contributed by atoms with van der Waals surface area (Å²) in [5.41, 5.74) is 3.49. The molecule has 1 heterocycles. The van der Waals surface area contributed by atoms with E-state index in [-0.39, 0.29) is 0 Å². The van der Waals surface area contributed by atoms with Crippen LogP contribution in [0.3, 0.4) is 0 Å². The second-order valence-electron chi connectivity index (χ2n) is 5.45. The van der Waals surface area contributed by atoms with Crippen LogP contribution in [0.4, 0.5) is 0 Å². The lowest BCUT2D eigenvalue weighted by molar-refractivity contribution is 0.322. The van der Waals surface area contributed by atoms with Crippen molar-refractivity contribution in [3.05, 3.63) is 89.9 Å². The van der Waals surface area contributed by atoms with Crippen molar-refractivity contribution in [1.82, 2.24) is 15.3 Å². The number of ether oxygens (including phenoxy) is 1. The van der Waals surface area contributed by atoms with Crippen LogP contribution in [0.5, 0.6) is 5.88 Å². The van der Waals surface area contributed by atoms with E-state index < -0.39 is 0 Å². The topological polar surface area (TPSA) is 47.0 Å². The molecular weight excluding hydrogens is 310 g/mol. The summed E-state index contributed by atoms with van der Waals surface area (Å²) in [6.07, 6.45) is 3.27. The molecule has 0 saturated carbocycles. The van der Waals surface area contributed by atoms with Crippen molar-refractivity contribution in [2.75, 3.05) is 6.61 Å². The van der Waals surface area contributed by atoms with Gasteiger partial charge in [-0.1, -0.05) is 60.7 Å². The Morgan fingerprint density at radius 3 is 1.80 bits per heavy atom. The number of nitrogens with one attached hydrogen (secondary N) is 1. The van der Waals surface area contributed by atoms with Crippen molar-refractivity contribution in [3.8, 4) is 5.88 Å². The molecule has 2 aromatic carbocycles. The molecule has 1 N–H and O–H groups in total. The monoisotopic (exact) mass is 335 g/mol. The normalized spacial score (nSPS) is 9.84. The third kappa shape index (κ3) is 7.14. The van der Waals surface area contributed by atoms with Gasteiger partial charge in [-0.3, -0.25) is 4.98 Å². The second-order valence-corrected chi connectivity index (χ2v) is 5.45. The fourth-order valence-electron chi connectivity index (χ4n) is 2.22. The van der Waals surface area contributed by atoms with Crippen LogP contribution in [0, 0.1) is 6.92 Å². The molecule has 3 rings (SSSR count). The van der Waals surface area contributed by atoms with Crippen molar-refractivity contribution < 1.29 is 4.74 Å². The molecule has 0 aliphatic heterocycles. The Balaban J connectivity index is 0.000000196. The third-order valence-corrected chi connectivity index (χ3v) is 3.46. The molecule has 0 aliphatic rings. The first kappa shape index (κ1) is 18.6. The predicted molar refractivity (Wildman–Crippen MR) is 101 cm³/mol. The smallest absolute Gasteiger partial charge is 0.235 e. The largest absolute Gasteiger partial charge is 0.477 e. The molecule has 0 spiro atoms. The molecule has 0 aliphatic carbocycles. The fraction of sp³-hybridized carbons (Fsp3) is 0.238. The summed E-state index contributed by atoms with van der Waals surface area (Å²) in [4.78, 5) is 7.99. The molecule has 0 atom stereocenters. The van der Waals surface area contributed by atoms with Gasteiger partial charge in [-0.15, -0.1) is 0 Å². The predicted octanol–water partition coefficient (Wildman–Crippen LogP) is 4.16. The van der Waals surface area contributed by atoms with Crippen molar-refractivity contribution in [2.24, 2.45) is 0 Å². The number of benzene rings is 2.